The van der Waals surface area contributed by atoms with Crippen LogP contribution in [0.4, 0.5) is 0 Å². The minimum absolute atomic E-state index is 0.00333. The van der Waals surface area contributed by atoms with E-state index in [1.807, 2.05) is 49.1 Å². The predicted molar refractivity (Wildman–Crippen MR) is 69.3 cm³/mol. The molecule has 0 amide bonds. The third kappa shape index (κ3) is 1.78. The maximum atomic E-state index is 6.22. The highest BCUT2D eigenvalue weighted by Crippen LogP contribution is 2.39. The van der Waals surface area contributed by atoms with Crippen molar-refractivity contribution in [2.45, 2.75) is 25.5 Å². The minimum atomic E-state index is 0.00333. The zero-order valence-electron chi connectivity index (χ0n) is 10.6. The third-order valence-electron chi connectivity index (χ3n) is 3.45. The normalized spacial score (nSPS) is 22.4. The quantitative estimate of drug-likeness (QED) is 0.835. The number of fused-ring (bicyclic) bond motifs is 1. The molecular formula is C14H17N3O. The predicted octanol–water partition coefficient (Wildman–Crippen LogP) is 2.25. The first-order valence-electron chi connectivity index (χ1n) is 6.16. The van der Waals surface area contributed by atoms with E-state index in [0.29, 0.717) is 0 Å². The number of aryl methyl sites for hydroxylation is 2. The molecule has 18 heavy (non-hydrogen) atoms. The molecule has 0 radical (unpaired) electrons. The lowest BCUT2D eigenvalue weighted by Crippen LogP contribution is -2.24. The van der Waals surface area contributed by atoms with Crippen LogP contribution in [-0.4, -0.2) is 9.78 Å². The van der Waals surface area contributed by atoms with Crippen molar-refractivity contribution in [1.29, 1.82) is 0 Å². The Balaban J connectivity index is 1.97. The van der Waals surface area contributed by atoms with E-state index in [1.54, 1.807) is 0 Å². The second-order valence-corrected chi connectivity index (χ2v) is 4.83. The first kappa shape index (κ1) is 11.3. The van der Waals surface area contributed by atoms with Crippen LogP contribution < -0.4 is 10.5 Å². The molecule has 0 aliphatic carbocycles. The SMILES string of the molecule is Cc1nn(C)cc1C1C[C@H](N)c2ccccc2O1. The first-order valence-corrected chi connectivity index (χ1v) is 6.16. The van der Waals surface area contributed by atoms with E-state index in [1.165, 1.54) is 0 Å². The second-order valence-electron chi connectivity index (χ2n) is 4.83. The van der Waals surface area contributed by atoms with Crippen LogP contribution in [0.3, 0.4) is 0 Å². The van der Waals surface area contributed by atoms with Crippen LogP contribution in [0.5, 0.6) is 5.75 Å². The van der Waals surface area contributed by atoms with E-state index in [0.717, 1.165) is 29.0 Å². The van der Waals surface area contributed by atoms with Gasteiger partial charge in [-0.3, -0.25) is 4.68 Å². The van der Waals surface area contributed by atoms with Gasteiger partial charge in [0, 0.05) is 36.8 Å². The van der Waals surface area contributed by atoms with E-state index in [2.05, 4.69) is 5.10 Å². The van der Waals surface area contributed by atoms with Crippen LogP contribution >= 0.6 is 0 Å². The monoisotopic (exact) mass is 243 g/mol. The molecule has 1 aromatic carbocycles. The Morgan fingerprint density at radius 1 is 1.33 bits per heavy atom. The summed E-state index contributed by atoms with van der Waals surface area (Å²) in [6, 6.07) is 8.01. The Morgan fingerprint density at radius 3 is 2.83 bits per heavy atom. The molecule has 2 aromatic rings. The fourth-order valence-electron chi connectivity index (χ4n) is 2.58. The van der Waals surface area contributed by atoms with Crippen molar-refractivity contribution in [1.82, 2.24) is 9.78 Å². The molecule has 0 bridgehead atoms. The Hall–Kier alpha value is -1.81. The summed E-state index contributed by atoms with van der Waals surface area (Å²) in [5.74, 6) is 0.893. The van der Waals surface area contributed by atoms with Crippen molar-refractivity contribution < 1.29 is 4.74 Å². The van der Waals surface area contributed by atoms with E-state index in [9.17, 15) is 0 Å². The summed E-state index contributed by atoms with van der Waals surface area (Å²) in [5, 5.41) is 4.36. The van der Waals surface area contributed by atoms with Crippen LogP contribution in [0.15, 0.2) is 30.5 Å². The van der Waals surface area contributed by atoms with E-state index < -0.39 is 0 Å². The molecule has 0 saturated heterocycles. The van der Waals surface area contributed by atoms with Gasteiger partial charge in [-0.1, -0.05) is 18.2 Å². The molecule has 1 unspecified atom stereocenters. The number of hydrogen-bond donors (Lipinski definition) is 1. The van der Waals surface area contributed by atoms with Crippen molar-refractivity contribution in [2.75, 3.05) is 0 Å². The van der Waals surface area contributed by atoms with Crippen molar-refractivity contribution in [3.8, 4) is 5.75 Å². The Morgan fingerprint density at radius 2 is 2.11 bits per heavy atom. The lowest BCUT2D eigenvalue weighted by Gasteiger charge is -2.30. The Kier molecular flexibility index (Phi) is 2.59. The van der Waals surface area contributed by atoms with Crippen LogP contribution in [0.2, 0.25) is 0 Å². The third-order valence-corrected chi connectivity index (χ3v) is 3.45. The van der Waals surface area contributed by atoms with Gasteiger partial charge in [0.25, 0.3) is 0 Å². The summed E-state index contributed by atoms with van der Waals surface area (Å²) in [7, 11) is 1.92. The molecule has 1 aliphatic heterocycles. The van der Waals surface area contributed by atoms with Crippen LogP contribution in [0.1, 0.15) is 35.4 Å². The number of nitrogens with zero attached hydrogens (tertiary/aromatic N) is 2. The lowest BCUT2D eigenvalue weighted by atomic mass is 9.94. The van der Waals surface area contributed by atoms with Crippen molar-refractivity contribution in [3.05, 3.63) is 47.3 Å². The molecule has 2 atom stereocenters. The highest BCUT2D eigenvalue weighted by atomic mass is 16.5. The van der Waals surface area contributed by atoms with E-state index in [-0.39, 0.29) is 12.1 Å². The van der Waals surface area contributed by atoms with Gasteiger partial charge in [0.2, 0.25) is 0 Å². The topological polar surface area (TPSA) is 53.1 Å². The number of hydrogen-bond acceptors (Lipinski definition) is 3. The summed E-state index contributed by atoms with van der Waals surface area (Å²) in [6.07, 6.45) is 2.81. The summed E-state index contributed by atoms with van der Waals surface area (Å²) in [6.45, 7) is 2.00. The number of benzene rings is 1. The van der Waals surface area contributed by atoms with Gasteiger partial charge in [-0.05, 0) is 13.0 Å². The molecule has 3 rings (SSSR count). The van der Waals surface area contributed by atoms with Crippen molar-refractivity contribution >= 4 is 0 Å². The summed E-state index contributed by atoms with van der Waals surface area (Å²) >= 11 is 0. The van der Waals surface area contributed by atoms with Crippen LogP contribution in [0, 0.1) is 6.92 Å². The molecule has 0 saturated carbocycles. The average Bonchev–Trinajstić information content (AvgIpc) is 2.68. The Bertz CT molecular complexity index is 576. The fraction of sp³-hybridized carbons (Fsp3) is 0.357. The fourth-order valence-corrected chi connectivity index (χ4v) is 2.58. The van der Waals surface area contributed by atoms with Crippen molar-refractivity contribution in [2.24, 2.45) is 12.8 Å². The van der Waals surface area contributed by atoms with Gasteiger partial charge >= 0.3 is 0 Å². The molecule has 0 spiro atoms. The number of ether oxygens (including phenoxy) is 1. The number of nitrogens with two attached hydrogens (primary N) is 1. The summed E-state index contributed by atoms with van der Waals surface area (Å²) < 4.78 is 7.87. The molecule has 4 nitrogen and oxygen atoms in total. The lowest BCUT2D eigenvalue weighted by molar-refractivity contribution is 0.161. The van der Waals surface area contributed by atoms with Crippen molar-refractivity contribution in [3.63, 3.8) is 0 Å². The standard InChI is InChI=1S/C14H17N3O/c1-9-11(8-17(2)16-9)14-7-12(15)10-5-3-4-6-13(10)18-14/h3-6,8,12,14H,7,15H2,1-2H3/t12-,14?/m0/s1. The molecule has 0 fully saturated rings. The van der Waals surface area contributed by atoms with E-state index >= 15 is 0 Å². The highest BCUT2D eigenvalue weighted by Gasteiger charge is 2.28. The molecule has 2 N–H and O–H groups in total. The van der Waals surface area contributed by atoms with Gasteiger partial charge in [0.1, 0.15) is 11.9 Å². The molecule has 4 heteroatoms. The number of aromatic nitrogens is 2. The van der Waals surface area contributed by atoms with Gasteiger partial charge in [-0.15, -0.1) is 0 Å². The average molecular weight is 243 g/mol. The Labute approximate surface area is 106 Å². The van der Waals surface area contributed by atoms with Gasteiger partial charge in [0.15, 0.2) is 0 Å². The zero-order valence-corrected chi connectivity index (χ0v) is 10.6. The summed E-state index contributed by atoms with van der Waals surface area (Å²) in [5.41, 5.74) is 9.45. The smallest absolute Gasteiger partial charge is 0.129 e. The molecule has 1 aromatic heterocycles. The van der Waals surface area contributed by atoms with Crippen LogP contribution in [-0.2, 0) is 7.05 Å². The number of para-hydroxylation sites is 1. The van der Waals surface area contributed by atoms with Gasteiger partial charge < -0.3 is 10.5 Å². The molecule has 1 aliphatic rings. The molecule has 94 valence electrons. The van der Waals surface area contributed by atoms with E-state index in [4.69, 9.17) is 10.5 Å². The molecule has 2 heterocycles. The van der Waals surface area contributed by atoms with Gasteiger partial charge in [-0.25, -0.2) is 0 Å². The summed E-state index contributed by atoms with van der Waals surface area (Å²) in [4.78, 5) is 0. The number of rotatable bonds is 1. The first-order chi connectivity index (χ1) is 8.65. The maximum absolute atomic E-state index is 6.22. The minimum Gasteiger partial charge on any atom is -0.485 e. The maximum Gasteiger partial charge on any atom is 0.129 e. The highest BCUT2D eigenvalue weighted by molar-refractivity contribution is 5.39. The largest absolute Gasteiger partial charge is 0.485 e. The van der Waals surface area contributed by atoms with Gasteiger partial charge in [0.05, 0.1) is 5.69 Å². The zero-order chi connectivity index (χ0) is 12.7. The van der Waals surface area contributed by atoms with Crippen LogP contribution in [0.25, 0.3) is 0 Å². The second kappa shape index (κ2) is 4.14. The molecular weight excluding hydrogens is 226 g/mol. The van der Waals surface area contributed by atoms with Gasteiger partial charge in [-0.2, -0.15) is 5.10 Å².